The third-order valence-corrected chi connectivity index (χ3v) is 3.62. The first-order valence-corrected chi connectivity index (χ1v) is 7.07. The van der Waals surface area contributed by atoms with Gasteiger partial charge >= 0.3 is 0 Å². The third-order valence-electron chi connectivity index (χ3n) is 3.62. The van der Waals surface area contributed by atoms with E-state index in [1.807, 2.05) is 37.3 Å². The Kier molecular flexibility index (Phi) is 3.55. The maximum atomic E-state index is 12.4. The molecule has 1 N–H and O–H groups in total. The summed E-state index contributed by atoms with van der Waals surface area (Å²) in [4.78, 5) is 12.4. The van der Waals surface area contributed by atoms with Gasteiger partial charge in [0, 0.05) is 5.56 Å². The molecule has 3 rings (SSSR count). The molecule has 0 saturated heterocycles. The molecule has 0 unspecified atom stereocenters. The van der Waals surface area contributed by atoms with E-state index >= 15 is 0 Å². The normalized spacial score (nSPS) is 10.8. The van der Waals surface area contributed by atoms with Gasteiger partial charge in [-0.1, -0.05) is 42.0 Å². The molecular formula is C19H16O3. The summed E-state index contributed by atoms with van der Waals surface area (Å²) >= 11 is 0. The summed E-state index contributed by atoms with van der Waals surface area (Å²) in [5, 5.41) is 10.6. The molecule has 0 bridgehead atoms. The average molecular weight is 292 g/mol. The van der Waals surface area contributed by atoms with E-state index in [4.69, 9.17) is 4.42 Å². The number of hydrogen-bond donors (Lipinski definition) is 1. The van der Waals surface area contributed by atoms with Gasteiger partial charge in [-0.25, -0.2) is 0 Å². The molecule has 3 nitrogen and oxygen atoms in total. The first kappa shape index (κ1) is 14.1. The first-order chi connectivity index (χ1) is 10.6. The van der Waals surface area contributed by atoms with Gasteiger partial charge in [-0.2, -0.15) is 0 Å². The molecule has 0 aliphatic heterocycles. The lowest BCUT2D eigenvalue weighted by Gasteiger charge is -2.09. The zero-order valence-electron chi connectivity index (χ0n) is 12.3. The van der Waals surface area contributed by atoms with Crippen molar-refractivity contribution in [1.29, 1.82) is 0 Å². The van der Waals surface area contributed by atoms with E-state index in [2.05, 4.69) is 6.58 Å². The van der Waals surface area contributed by atoms with Crippen molar-refractivity contribution in [2.45, 2.75) is 13.3 Å². The van der Waals surface area contributed by atoms with E-state index in [-0.39, 0.29) is 11.5 Å². The minimum absolute atomic E-state index is 0.206. The lowest BCUT2D eigenvalue weighted by molar-refractivity contribution is 0.449. The summed E-state index contributed by atoms with van der Waals surface area (Å²) < 4.78 is 5.90. The van der Waals surface area contributed by atoms with Crippen LogP contribution < -0.4 is 5.43 Å². The topological polar surface area (TPSA) is 50.4 Å². The molecule has 0 saturated carbocycles. The van der Waals surface area contributed by atoms with Crippen LogP contribution in [-0.4, -0.2) is 5.11 Å². The van der Waals surface area contributed by atoms with Crippen molar-refractivity contribution >= 4 is 11.0 Å². The number of fused-ring (bicyclic) bond motifs is 1. The highest BCUT2D eigenvalue weighted by Crippen LogP contribution is 2.31. The summed E-state index contributed by atoms with van der Waals surface area (Å²) in [6.07, 6.45) is 2.35. The molecule has 1 aromatic heterocycles. The summed E-state index contributed by atoms with van der Waals surface area (Å²) in [7, 11) is 0. The van der Waals surface area contributed by atoms with Crippen LogP contribution in [0.3, 0.4) is 0 Å². The fourth-order valence-corrected chi connectivity index (χ4v) is 2.56. The number of aryl methyl sites for hydroxylation is 1. The Bertz CT molecular complexity index is 920. The summed E-state index contributed by atoms with van der Waals surface area (Å²) in [6.45, 7) is 5.67. The molecule has 3 heteroatoms. The summed E-state index contributed by atoms with van der Waals surface area (Å²) in [5.41, 5.74) is 2.67. The van der Waals surface area contributed by atoms with Crippen molar-refractivity contribution in [2.75, 3.05) is 0 Å². The lowest BCUT2D eigenvalue weighted by atomic mass is 10.0. The Labute approximate surface area is 128 Å². The summed E-state index contributed by atoms with van der Waals surface area (Å²) in [5.74, 6) is -0.147. The molecule has 3 aromatic rings. The predicted octanol–water partition coefficient (Wildman–Crippen LogP) is 4.20. The van der Waals surface area contributed by atoms with Crippen molar-refractivity contribution in [3.63, 3.8) is 0 Å². The van der Waals surface area contributed by atoms with Crippen molar-refractivity contribution < 1.29 is 9.52 Å². The number of allylic oxidation sites excluding steroid dienone is 1. The summed E-state index contributed by atoms with van der Waals surface area (Å²) in [6, 6.07) is 12.8. The molecule has 0 amide bonds. The minimum atomic E-state index is -0.413. The number of aromatic hydroxyl groups is 1. The smallest absolute Gasteiger partial charge is 0.235 e. The van der Waals surface area contributed by atoms with Crippen LogP contribution in [0.5, 0.6) is 5.75 Å². The van der Waals surface area contributed by atoms with Gasteiger partial charge in [0.2, 0.25) is 11.2 Å². The number of hydrogen-bond acceptors (Lipinski definition) is 3. The number of para-hydroxylation sites is 1. The van der Waals surface area contributed by atoms with Crippen molar-refractivity contribution in [3.05, 3.63) is 76.5 Å². The van der Waals surface area contributed by atoms with E-state index < -0.39 is 5.43 Å². The van der Waals surface area contributed by atoms with Crippen LogP contribution in [0.2, 0.25) is 0 Å². The molecule has 0 radical (unpaired) electrons. The van der Waals surface area contributed by atoms with Crippen molar-refractivity contribution in [1.82, 2.24) is 0 Å². The second-order valence-electron chi connectivity index (χ2n) is 5.27. The Morgan fingerprint density at radius 1 is 1.23 bits per heavy atom. The van der Waals surface area contributed by atoms with E-state index in [0.717, 1.165) is 11.1 Å². The van der Waals surface area contributed by atoms with Crippen LogP contribution in [0, 0.1) is 6.92 Å². The van der Waals surface area contributed by atoms with Gasteiger partial charge in [0.15, 0.2) is 5.76 Å². The molecule has 110 valence electrons. The fourth-order valence-electron chi connectivity index (χ4n) is 2.56. The third kappa shape index (κ3) is 2.31. The van der Waals surface area contributed by atoms with E-state index in [1.54, 1.807) is 18.2 Å². The highest BCUT2D eigenvalue weighted by molar-refractivity contribution is 5.84. The van der Waals surface area contributed by atoms with Crippen molar-refractivity contribution in [3.8, 4) is 17.1 Å². The van der Waals surface area contributed by atoms with Crippen LogP contribution in [0.15, 0.2) is 64.3 Å². The molecule has 0 fully saturated rings. The number of rotatable bonds is 3. The first-order valence-electron chi connectivity index (χ1n) is 7.07. The van der Waals surface area contributed by atoms with Crippen LogP contribution in [0.4, 0.5) is 0 Å². The van der Waals surface area contributed by atoms with Gasteiger partial charge in [-0.05, 0) is 31.0 Å². The van der Waals surface area contributed by atoms with E-state index in [1.165, 1.54) is 0 Å². The highest BCUT2D eigenvalue weighted by atomic mass is 16.4. The molecular weight excluding hydrogens is 276 g/mol. The molecule has 0 atom stereocenters. The SMILES string of the molecule is C=CCc1cccc2c(=O)c(O)c(-c3cccc(C)c3)oc12. The Hall–Kier alpha value is -2.81. The van der Waals surface area contributed by atoms with Crippen LogP contribution >= 0.6 is 0 Å². The lowest BCUT2D eigenvalue weighted by Crippen LogP contribution is -2.04. The van der Waals surface area contributed by atoms with Crippen LogP contribution in [-0.2, 0) is 6.42 Å². The molecule has 0 spiro atoms. The molecule has 1 heterocycles. The fraction of sp³-hybridized carbons (Fsp3) is 0.105. The van der Waals surface area contributed by atoms with Gasteiger partial charge in [0.05, 0.1) is 5.39 Å². The van der Waals surface area contributed by atoms with E-state index in [9.17, 15) is 9.90 Å². The molecule has 2 aromatic carbocycles. The van der Waals surface area contributed by atoms with Gasteiger partial charge in [-0.15, -0.1) is 6.58 Å². The van der Waals surface area contributed by atoms with Crippen molar-refractivity contribution in [2.24, 2.45) is 0 Å². The molecule has 22 heavy (non-hydrogen) atoms. The maximum Gasteiger partial charge on any atom is 0.235 e. The Morgan fingerprint density at radius 3 is 2.73 bits per heavy atom. The zero-order valence-corrected chi connectivity index (χ0v) is 12.3. The van der Waals surface area contributed by atoms with Gasteiger partial charge < -0.3 is 9.52 Å². The van der Waals surface area contributed by atoms with Crippen LogP contribution in [0.1, 0.15) is 11.1 Å². The van der Waals surface area contributed by atoms with Gasteiger partial charge in [0.25, 0.3) is 0 Å². The quantitative estimate of drug-likeness (QED) is 0.736. The second-order valence-corrected chi connectivity index (χ2v) is 5.27. The predicted molar refractivity (Wildman–Crippen MR) is 88.2 cm³/mol. The molecule has 0 aliphatic rings. The minimum Gasteiger partial charge on any atom is -0.502 e. The Balaban J connectivity index is 2.36. The Morgan fingerprint density at radius 2 is 2.00 bits per heavy atom. The van der Waals surface area contributed by atoms with Gasteiger partial charge in [-0.3, -0.25) is 4.79 Å². The van der Waals surface area contributed by atoms with Gasteiger partial charge in [0.1, 0.15) is 5.58 Å². The largest absolute Gasteiger partial charge is 0.502 e. The van der Waals surface area contributed by atoms with E-state index in [0.29, 0.717) is 23.0 Å². The highest BCUT2D eigenvalue weighted by Gasteiger charge is 2.16. The van der Waals surface area contributed by atoms with Crippen LogP contribution in [0.25, 0.3) is 22.3 Å². The maximum absolute atomic E-state index is 12.4. The molecule has 0 aliphatic carbocycles. The second kappa shape index (κ2) is 5.53. The standard InChI is InChI=1S/C19H16O3/c1-3-6-13-8-5-10-15-16(20)17(21)19(22-18(13)15)14-9-4-7-12(2)11-14/h3-5,7-11,21H,1,6H2,2H3. The number of benzene rings is 2. The zero-order chi connectivity index (χ0) is 15.7. The average Bonchev–Trinajstić information content (AvgIpc) is 2.51. The monoisotopic (exact) mass is 292 g/mol.